The van der Waals surface area contributed by atoms with Crippen LogP contribution in [0.5, 0.6) is 0 Å². The number of ether oxygens (including phenoxy) is 4. The molecule has 0 aromatic rings. The molecule has 0 fully saturated rings. The summed E-state index contributed by atoms with van der Waals surface area (Å²) in [5, 5.41) is 0. The maximum atomic E-state index is 14.2. The maximum absolute atomic E-state index is 14.2. The van der Waals surface area contributed by atoms with Crippen LogP contribution in [-0.4, -0.2) is 56.6 Å². The Morgan fingerprint density at radius 3 is 1.70 bits per heavy atom. The van der Waals surface area contributed by atoms with E-state index in [1.54, 1.807) is 0 Å². The van der Waals surface area contributed by atoms with E-state index in [0.29, 0.717) is 0 Å². The van der Waals surface area contributed by atoms with Crippen molar-refractivity contribution in [1.82, 2.24) is 0 Å². The number of esters is 3. The molecular weight excluding hydrogens is 275 g/mol. The number of methoxy groups -OCH3 is 1. The van der Waals surface area contributed by atoms with Crippen LogP contribution in [0.25, 0.3) is 0 Å². The van der Waals surface area contributed by atoms with E-state index < -0.39 is 42.9 Å². The lowest BCUT2D eigenvalue weighted by molar-refractivity contribution is -0.168. The van der Waals surface area contributed by atoms with Gasteiger partial charge in [-0.1, -0.05) is 0 Å². The Kier molecular flexibility index (Phi) is 8.46. The summed E-state index contributed by atoms with van der Waals surface area (Å²) in [6, 6.07) is 0. The lowest BCUT2D eigenvalue weighted by Crippen LogP contribution is -2.43. The molecule has 0 saturated heterocycles. The van der Waals surface area contributed by atoms with Gasteiger partial charge >= 0.3 is 17.9 Å². The molecule has 0 aliphatic heterocycles. The van der Waals surface area contributed by atoms with Crippen molar-refractivity contribution in [3.05, 3.63) is 0 Å². The van der Waals surface area contributed by atoms with Crippen LogP contribution in [0.4, 0.5) is 4.39 Å². The van der Waals surface area contributed by atoms with Gasteiger partial charge in [0.05, 0.1) is 0 Å². The number of rotatable bonds is 8. The fourth-order valence-corrected chi connectivity index (χ4v) is 1.33. The van der Waals surface area contributed by atoms with E-state index in [2.05, 4.69) is 9.47 Å². The van der Waals surface area contributed by atoms with E-state index in [4.69, 9.17) is 9.47 Å². The Morgan fingerprint density at radius 1 is 0.900 bits per heavy atom. The van der Waals surface area contributed by atoms with Crippen LogP contribution in [0.3, 0.4) is 0 Å². The van der Waals surface area contributed by atoms with Crippen molar-refractivity contribution in [2.75, 3.05) is 20.3 Å². The number of hydrogen-bond donors (Lipinski definition) is 0. The first-order valence-corrected chi connectivity index (χ1v) is 5.88. The molecule has 0 spiro atoms. The molecule has 0 N–H and O–H groups in total. The lowest BCUT2D eigenvalue weighted by Gasteiger charge is -2.26. The average Bonchev–Trinajstić information content (AvgIpc) is 2.33. The summed E-state index contributed by atoms with van der Waals surface area (Å²) in [5.41, 5.74) is 0. The SMILES string of the molecule is COC(COC(C)=O)C(F)C(COC(C)=O)OC(C)=O. The van der Waals surface area contributed by atoms with Crippen molar-refractivity contribution in [3.8, 4) is 0 Å². The highest BCUT2D eigenvalue weighted by Crippen LogP contribution is 2.14. The molecule has 8 heteroatoms. The predicted molar refractivity (Wildman–Crippen MR) is 64.5 cm³/mol. The van der Waals surface area contributed by atoms with Crippen molar-refractivity contribution in [2.45, 2.75) is 39.2 Å². The van der Waals surface area contributed by atoms with E-state index in [0.717, 1.165) is 13.8 Å². The standard InChI is InChI=1S/C12H19FO7/c1-7(14)18-5-10(17-4)12(13)11(20-9(3)16)6-19-8(2)15/h10-12H,5-6H2,1-4H3. The Hall–Kier alpha value is -1.70. The molecule has 116 valence electrons. The van der Waals surface area contributed by atoms with Crippen molar-refractivity contribution in [3.63, 3.8) is 0 Å². The van der Waals surface area contributed by atoms with Gasteiger partial charge in [-0.2, -0.15) is 0 Å². The van der Waals surface area contributed by atoms with Gasteiger partial charge in [-0.05, 0) is 0 Å². The molecule has 0 heterocycles. The minimum Gasteiger partial charge on any atom is -0.463 e. The van der Waals surface area contributed by atoms with Gasteiger partial charge in [-0.25, -0.2) is 4.39 Å². The molecule has 0 aromatic heterocycles. The predicted octanol–water partition coefficient (Wildman–Crippen LogP) is 0.397. The zero-order valence-corrected chi connectivity index (χ0v) is 11.9. The molecule has 0 aliphatic carbocycles. The topological polar surface area (TPSA) is 88.1 Å². The van der Waals surface area contributed by atoms with Crippen LogP contribution in [0, 0.1) is 0 Å². The molecule has 0 bridgehead atoms. The highest BCUT2D eigenvalue weighted by atomic mass is 19.1. The quantitative estimate of drug-likeness (QED) is 0.473. The number of hydrogen-bond acceptors (Lipinski definition) is 7. The summed E-state index contributed by atoms with van der Waals surface area (Å²) in [7, 11) is 1.22. The van der Waals surface area contributed by atoms with Gasteiger partial charge in [0.1, 0.15) is 19.3 Å². The van der Waals surface area contributed by atoms with Crippen LogP contribution in [0.2, 0.25) is 0 Å². The molecule has 0 saturated carbocycles. The molecular formula is C12H19FO7. The van der Waals surface area contributed by atoms with E-state index in [9.17, 15) is 18.8 Å². The first kappa shape index (κ1) is 18.3. The highest BCUT2D eigenvalue weighted by molar-refractivity contribution is 5.67. The third-order valence-corrected chi connectivity index (χ3v) is 2.23. The van der Waals surface area contributed by atoms with Gasteiger partial charge in [-0.3, -0.25) is 14.4 Å². The van der Waals surface area contributed by atoms with Crippen LogP contribution < -0.4 is 0 Å². The molecule has 3 unspecified atom stereocenters. The summed E-state index contributed by atoms with van der Waals surface area (Å²) in [6.07, 6.45) is -4.29. The summed E-state index contributed by atoms with van der Waals surface area (Å²) in [5.74, 6) is -1.96. The summed E-state index contributed by atoms with van der Waals surface area (Å²) < 4.78 is 33.1. The second-order valence-electron chi connectivity index (χ2n) is 3.97. The normalized spacial score (nSPS) is 14.8. The zero-order valence-electron chi connectivity index (χ0n) is 11.9. The second kappa shape index (κ2) is 9.24. The van der Waals surface area contributed by atoms with Crippen molar-refractivity contribution < 1.29 is 37.7 Å². The number of alkyl halides is 1. The van der Waals surface area contributed by atoms with E-state index in [-0.39, 0.29) is 6.61 Å². The smallest absolute Gasteiger partial charge is 0.303 e. The molecule has 0 aromatic carbocycles. The fourth-order valence-electron chi connectivity index (χ4n) is 1.33. The van der Waals surface area contributed by atoms with E-state index >= 15 is 0 Å². The first-order valence-electron chi connectivity index (χ1n) is 5.88. The van der Waals surface area contributed by atoms with Gasteiger partial charge in [0.15, 0.2) is 12.3 Å². The summed E-state index contributed by atoms with van der Waals surface area (Å²) in [4.78, 5) is 32.3. The number of halogens is 1. The zero-order chi connectivity index (χ0) is 15.7. The van der Waals surface area contributed by atoms with Crippen LogP contribution >= 0.6 is 0 Å². The van der Waals surface area contributed by atoms with Gasteiger partial charge in [0.2, 0.25) is 0 Å². The molecule has 3 atom stereocenters. The average molecular weight is 294 g/mol. The Labute approximate surface area is 116 Å². The third kappa shape index (κ3) is 7.67. The highest BCUT2D eigenvalue weighted by Gasteiger charge is 2.34. The molecule has 0 rings (SSSR count). The van der Waals surface area contributed by atoms with Crippen LogP contribution in [-0.2, 0) is 33.3 Å². The van der Waals surface area contributed by atoms with Gasteiger partial charge in [0.25, 0.3) is 0 Å². The first-order chi connectivity index (χ1) is 9.27. The Balaban J connectivity index is 4.68. The Bertz CT molecular complexity index is 345. The molecule has 0 amide bonds. The van der Waals surface area contributed by atoms with Crippen molar-refractivity contribution in [1.29, 1.82) is 0 Å². The van der Waals surface area contributed by atoms with Gasteiger partial charge < -0.3 is 18.9 Å². The van der Waals surface area contributed by atoms with Crippen LogP contribution in [0.1, 0.15) is 20.8 Å². The monoisotopic (exact) mass is 294 g/mol. The molecule has 0 radical (unpaired) electrons. The molecule has 7 nitrogen and oxygen atoms in total. The lowest BCUT2D eigenvalue weighted by atomic mass is 10.1. The number of carbonyl (C=O) groups is 3. The second-order valence-corrected chi connectivity index (χ2v) is 3.97. The van der Waals surface area contributed by atoms with Gasteiger partial charge in [0, 0.05) is 27.9 Å². The Morgan fingerprint density at radius 2 is 1.35 bits per heavy atom. The van der Waals surface area contributed by atoms with Gasteiger partial charge in [-0.15, -0.1) is 0 Å². The summed E-state index contributed by atoms with van der Waals surface area (Å²) >= 11 is 0. The molecule has 20 heavy (non-hydrogen) atoms. The van der Waals surface area contributed by atoms with Crippen molar-refractivity contribution >= 4 is 17.9 Å². The van der Waals surface area contributed by atoms with E-state index in [1.165, 1.54) is 14.0 Å². The minimum absolute atomic E-state index is 0.342. The third-order valence-electron chi connectivity index (χ3n) is 2.23. The van der Waals surface area contributed by atoms with E-state index in [1.807, 2.05) is 0 Å². The fraction of sp³-hybridized carbons (Fsp3) is 0.750. The molecule has 0 aliphatic rings. The van der Waals surface area contributed by atoms with Crippen molar-refractivity contribution in [2.24, 2.45) is 0 Å². The maximum Gasteiger partial charge on any atom is 0.303 e. The summed E-state index contributed by atoms with van der Waals surface area (Å²) in [6.45, 7) is 2.62. The van der Waals surface area contributed by atoms with Crippen LogP contribution in [0.15, 0.2) is 0 Å². The number of carbonyl (C=O) groups excluding carboxylic acids is 3. The minimum atomic E-state index is -1.82. The largest absolute Gasteiger partial charge is 0.463 e.